The van der Waals surface area contributed by atoms with Crippen molar-refractivity contribution in [1.82, 2.24) is 5.32 Å². The molecule has 3 nitrogen and oxygen atoms in total. The molecular formula is C17H16BrNO2. The number of aliphatic hydroxyl groups is 1. The third-order valence-electron chi connectivity index (χ3n) is 2.92. The Balaban J connectivity index is 1.90. The summed E-state index contributed by atoms with van der Waals surface area (Å²) in [5.74, 6) is -0.149. The maximum absolute atomic E-state index is 11.8. The summed E-state index contributed by atoms with van der Waals surface area (Å²) in [5.41, 5.74) is 2.76. The number of hydrogen-bond donors (Lipinski definition) is 2. The summed E-state index contributed by atoms with van der Waals surface area (Å²) in [7, 11) is 0. The lowest BCUT2D eigenvalue weighted by Gasteiger charge is -2.04. The van der Waals surface area contributed by atoms with Crippen molar-refractivity contribution < 1.29 is 9.90 Å². The van der Waals surface area contributed by atoms with Crippen LogP contribution in [0.3, 0.4) is 0 Å². The van der Waals surface area contributed by atoms with E-state index >= 15 is 0 Å². The predicted octanol–water partition coefficient (Wildman–Crippen LogP) is 3.27. The molecule has 0 saturated heterocycles. The highest BCUT2D eigenvalue weighted by molar-refractivity contribution is 9.10. The predicted molar refractivity (Wildman–Crippen MR) is 87.4 cm³/mol. The van der Waals surface area contributed by atoms with Crippen molar-refractivity contribution in [2.24, 2.45) is 0 Å². The third-order valence-corrected chi connectivity index (χ3v) is 3.41. The number of amides is 1. The fourth-order valence-electron chi connectivity index (χ4n) is 1.87. The molecule has 2 aromatic carbocycles. The molecule has 0 atom stereocenters. The highest BCUT2D eigenvalue weighted by Crippen LogP contribution is 2.12. The summed E-state index contributed by atoms with van der Waals surface area (Å²) in [4.78, 5) is 11.8. The van der Waals surface area contributed by atoms with Crippen molar-refractivity contribution >= 4 is 27.9 Å². The van der Waals surface area contributed by atoms with E-state index in [4.69, 9.17) is 5.11 Å². The van der Waals surface area contributed by atoms with E-state index in [1.165, 1.54) is 6.08 Å². The van der Waals surface area contributed by atoms with Crippen molar-refractivity contribution in [2.75, 3.05) is 0 Å². The smallest absolute Gasteiger partial charge is 0.244 e. The van der Waals surface area contributed by atoms with Crippen LogP contribution in [0.25, 0.3) is 6.08 Å². The van der Waals surface area contributed by atoms with E-state index in [-0.39, 0.29) is 12.5 Å². The molecule has 1 amide bonds. The normalized spacial score (nSPS) is 10.8. The molecule has 0 bridgehead atoms. The van der Waals surface area contributed by atoms with Gasteiger partial charge in [-0.05, 0) is 34.9 Å². The van der Waals surface area contributed by atoms with Crippen LogP contribution in [-0.2, 0) is 17.9 Å². The van der Waals surface area contributed by atoms with Gasteiger partial charge in [0.1, 0.15) is 0 Å². The molecule has 0 aliphatic rings. The van der Waals surface area contributed by atoms with Crippen molar-refractivity contribution in [1.29, 1.82) is 0 Å². The van der Waals surface area contributed by atoms with Gasteiger partial charge in [0.15, 0.2) is 0 Å². The Morgan fingerprint density at radius 2 is 1.90 bits per heavy atom. The molecule has 0 spiro atoms. The largest absolute Gasteiger partial charge is 0.392 e. The molecule has 0 saturated carbocycles. The van der Waals surface area contributed by atoms with Gasteiger partial charge >= 0.3 is 0 Å². The van der Waals surface area contributed by atoms with Crippen molar-refractivity contribution in [3.05, 3.63) is 75.8 Å². The Hall–Kier alpha value is -1.91. The first-order valence-electron chi connectivity index (χ1n) is 6.57. The lowest BCUT2D eigenvalue weighted by atomic mass is 10.1. The number of aliphatic hydroxyl groups excluding tert-OH is 1. The summed E-state index contributed by atoms with van der Waals surface area (Å²) in [6.45, 7) is 0.445. The maximum atomic E-state index is 11.8. The molecule has 108 valence electrons. The molecule has 0 fully saturated rings. The quantitative estimate of drug-likeness (QED) is 0.817. The molecule has 0 radical (unpaired) electrons. The zero-order chi connectivity index (χ0) is 15.1. The Morgan fingerprint density at radius 3 is 2.67 bits per heavy atom. The van der Waals surface area contributed by atoms with Crippen LogP contribution in [0, 0.1) is 0 Å². The SMILES string of the molecule is O=C(C=Cc1cccc(Br)c1)NCc1cccc(CO)c1. The van der Waals surface area contributed by atoms with E-state index < -0.39 is 0 Å². The monoisotopic (exact) mass is 345 g/mol. The Labute approximate surface area is 132 Å². The fraction of sp³-hybridized carbons (Fsp3) is 0.118. The van der Waals surface area contributed by atoms with Crippen LogP contribution in [-0.4, -0.2) is 11.0 Å². The number of nitrogens with one attached hydrogen (secondary N) is 1. The Morgan fingerprint density at radius 1 is 1.14 bits per heavy atom. The minimum atomic E-state index is -0.149. The van der Waals surface area contributed by atoms with Gasteiger partial charge in [-0.1, -0.05) is 52.3 Å². The van der Waals surface area contributed by atoms with Gasteiger partial charge < -0.3 is 10.4 Å². The van der Waals surface area contributed by atoms with Gasteiger partial charge in [0.2, 0.25) is 5.91 Å². The number of benzene rings is 2. The number of rotatable bonds is 5. The van der Waals surface area contributed by atoms with E-state index in [9.17, 15) is 4.79 Å². The molecule has 0 aliphatic carbocycles. The van der Waals surface area contributed by atoms with Crippen LogP contribution in [0.15, 0.2) is 59.1 Å². The standard InChI is InChI=1S/C17H16BrNO2/c18-16-6-2-3-13(10-16)7-8-17(21)19-11-14-4-1-5-15(9-14)12-20/h1-10,20H,11-12H2,(H,19,21). The molecule has 0 heterocycles. The molecule has 0 aliphatic heterocycles. The van der Waals surface area contributed by atoms with Crippen LogP contribution < -0.4 is 5.32 Å². The van der Waals surface area contributed by atoms with Crippen LogP contribution in [0.5, 0.6) is 0 Å². The summed E-state index contributed by atoms with van der Waals surface area (Å²) < 4.78 is 0.978. The molecule has 21 heavy (non-hydrogen) atoms. The number of halogens is 1. The minimum absolute atomic E-state index is 0.00454. The first-order chi connectivity index (χ1) is 10.2. The Kier molecular flexibility index (Phi) is 5.72. The van der Waals surface area contributed by atoms with E-state index in [1.54, 1.807) is 6.08 Å². The van der Waals surface area contributed by atoms with Gasteiger partial charge in [-0.15, -0.1) is 0 Å². The summed E-state index contributed by atoms with van der Waals surface area (Å²) in [6, 6.07) is 15.2. The molecule has 2 N–H and O–H groups in total. The van der Waals surface area contributed by atoms with Gasteiger partial charge in [0.25, 0.3) is 0 Å². The fourth-order valence-corrected chi connectivity index (χ4v) is 2.29. The average molecular weight is 346 g/mol. The summed E-state index contributed by atoms with van der Waals surface area (Å²) in [6.07, 6.45) is 3.28. The van der Waals surface area contributed by atoms with Gasteiger partial charge in [0, 0.05) is 17.1 Å². The van der Waals surface area contributed by atoms with E-state index in [2.05, 4.69) is 21.2 Å². The summed E-state index contributed by atoms with van der Waals surface area (Å²) in [5, 5.41) is 11.9. The van der Waals surface area contributed by atoms with Gasteiger partial charge in [-0.25, -0.2) is 0 Å². The lowest BCUT2D eigenvalue weighted by molar-refractivity contribution is -0.116. The first-order valence-corrected chi connectivity index (χ1v) is 7.37. The molecule has 2 rings (SSSR count). The zero-order valence-corrected chi connectivity index (χ0v) is 13.0. The van der Waals surface area contributed by atoms with Gasteiger partial charge in [-0.3, -0.25) is 4.79 Å². The number of hydrogen-bond acceptors (Lipinski definition) is 2. The summed E-state index contributed by atoms with van der Waals surface area (Å²) >= 11 is 3.39. The van der Waals surface area contributed by atoms with Crippen LogP contribution >= 0.6 is 15.9 Å². The van der Waals surface area contributed by atoms with Crippen LogP contribution in [0.2, 0.25) is 0 Å². The number of carbonyl (C=O) groups is 1. The Bertz CT molecular complexity index is 653. The molecule has 2 aromatic rings. The molecule has 4 heteroatoms. The maximum Gasteiger partial charge on any atom is 0.244 e. The zero-order valence-electron chi connectivity index (χ0n) is 11.4. The average Bonchev–Trinajstić information content (AvgIpc) is 2.51. The van der Waals surface area contributed by atoms with Crippen LogP contribution in [0.1, 0.15) is 16.7 Å². The highest BCUT2D eigenvalue weighted by atomic mass is 79.9. The van der Waals surface area contributed by atoms with Crippen LogP contribution in [0.4, 0.5) is 0 Å². The van der Waals surface area contributed by atoms with E-state index in [1.807, 2.05) is 48.5 Å². The molecular weight excluding hydrogens is 330 g/mol. The molecule has 0 unspecified atom stereocenters. The van der Waals surface area contributed by atoms with E-state index in [0.717, 1.165) is 21.2 Å². The lowest BCUT2D eigenvalue weighted by Crippen LogP contribution is -2.20. The van der Waals surface area contributed by atoms with Gasteiger partial charge in [-0.2, -0.15) is 0 Å². The second-order valence-corrected chi connectivity index (χ2v) is 5.50. The highest BCUT2D eigenvalue weighted by Gasteiger charge is 1.98. The third kappa shape index (κ3) is 5.17. The van der Waals surface area contributed by atoms with E-state index in [0.29, 0.717) is 6.54 Å². The minimum Gasteiger partial charge on any atom is -0.392 e. The second-order valence-electron chi connectivity index (χ2n) is 4.58. The topological polar surface area (TPSA) is 49.3 Å². The van der Waals surface area contributed by atoms with Crippen molar-refractivity contribution in [3.63, 3.8) is 0 Å². The van der Waals surface area contributed by atoms with Crippen molar-refractivity contribution in [2.45, 2.75) is 13.2 Å². The van der Waals surface area contributed by atoms with Gasteiger partial charge in [0.05, 0.1) is 6.61 Å². The second kappa shape index (κ2) is 7.76. The van der Waals surface area contributed by atoms with Crippen molar-refractivity contribution in [3.8, 4) is 0 Å². The first kappa shape index (κ1) is 15.5. The molecule has 0 aromatic heterocycles. The number of carbonyl (C=O) groups excluding carboxylic acids is 1.